The van der Waals surface area contributed by atoms with E-state index in [1.165, 1.54) is 0 Å². The van der Waals surface area contributed by atoms with Crippen LogP contribution in [-0.2, 0) is 4.79 Å². The highest BCUT2D eigenvalue weighted by Crippen LogP contribution is 2.07. The van der Waals surface area contributed by atoms with Gasteiger partial charge in [-0.2, -0.15) is 0 Å². The van der Waals surface area contributed by atoms with E-state index in [0.29, 0.717) is 0 Å². The standard InChI is InChI=1S/C6H7N3O3/c1-2-3(7)4(5(10)11)9-6(12)8-2/h1,7H2,(H,10,11)(H2,8,9,12). The molecule has 0 aromatic rings. The molecule has 0 saturated heterocycles. The van der Waals surface area contributed by atoms with Gasteiger partial charge in [-0.1, -0.05) is 6.58 Å². The summed E-state index contributed by atoms with van der Waals surface area (Å²) in [5.41, 5.74) is 4.99. The van der Waals surface area contributed by atoms with Crippen LogP contribution in [0.2, 0.25) is 0 Å². The van der Waals surface area contributed by atoms with Crippen LogP contribution in [0.25, 0.3) is 0 Å². The molecule has 0 spiro atoms. The van der Waals surface area contributed by atoms with Gasteiger partial charge in [0.15, 0.2) is 5.70 Å². The van der Waals surface area contributed by atoms with Crippen molar-refractivity contribution >= 4 is 12.0 Å². The molecule has 0 aromatic heterocycles. The number of carbonyl (C=O) groups is 2. The maximum absolute atomic E-state index is 10.7. The summed E-state index contributed by atoms with van der Waals surface area (Å²) in [6.45, 7) is 3.36. The molecule has 0 unspecified atom stereocenters. The molecule has 0 aromatic carbocycles. The first-order valence-corrected chi connectivity index (χ1v) is 3.02. The summed E-state index contributed by atoms with van der Waals surface area (Å²) in [5, 5.41) is 12.8. The van der Waals surface area contributed by atoms with Gasteiger partial charge in [0, 0.05) is 0 Å². The largest absolute Gasteiger partial charge is 0.477 e. The van der Waals surface area contributed by atoms with Crippen LogP contribution in [0.5, 0.6) is 0 Å². The average Bonchev–Trinajstić information content (AvgIpc) is 1.96. The molecule has 0 saturated carbocycles. The smallest absolute Gasteiger partial charge is 0.354 e. The van der Waals surface area contributed by atoms with Crippen molar-refractivity contribution in [3.63, 3.8) is 0 Å². The Morgan fingerprint density at radius 3 is 2.58 bits per heavy atom. The van der Waals surface area contributed by atoms with Crippen LogP contribution in [0.1, 0.15) is 0 Å². The maximum atomic E-state index is 10.7. The number of aliphatic carboxylic acids is 1. The predicted octanol–water partition coefficient (Wildman–Crippen LogP) is -0.932. The number of nitrogens with one attached hydrogen (secondary N) is 2. The SMILES string of the molecule is C=C1NC(=O)NC(C(=O)O)=C1N. The second-order valence-corrected chi connectivity index (χ2v) is 2.15. The summed E-state index contributed by atoms with van der Waals surface area (Å²) < 4.78 is 0. The molecule has 6 heteroatoms. The van der Waals surface area contributed by atoms with Crippen LogP contribution in [0.4, 0.5) is 4.79 Å². The van der Waals surface area contributed by atoms with E-state index in [0.717, 1.165) is 0 Å². The summed E-state index contributed by atoms with van der Waals surface area (Å²) in [5.74, 6) is -1.29. The summed E-state index contributed by atoms with van der Waals surface area (Å²) in [6.07, 6.45) is 0. The van der Waals surface area contributed by atoms with Crippen molar-refractivity contribution in [1.82, 2.24) is 10.6 Å². The van der Waals surface area contributed by atoms with Gasteiger partial charge in [-0.3, -0.25) is 5.32 Å². The number of hydrogen-bond donors (Lipinski definition) is 4. The van der Waals surface area contributed by atoms with Gasteiger partial charge in [-0.25, -0.2) is 9.59 Å². The zero-order valence-corrected chi connectivity index (χ0v) is 6.05. The zero-order chi connectivity index (χ0) is 9.30. The van der Waals surface area contributed by atoms with Crippen LogP contribution in [0.15, 0.2) is 23.7 Å². The molecule has 2 amide bonds. The fourth-order valence-corrected chi connectivity index (χ4v) is 0.736. The molecule has 0 bridgehead atoms. The molecule has 1 aliphatic heterocycles. The van der Waals surface area contributed by atoms with E-state index in [4.69, 9.17) is 10.8 Å². The molecule has 6 nitrogen and oxygen atoms in total. The zero-order valence-electron chi connectivity index (χ0n) is 6.05. The first kappa shape index (κ1) is 8.12. The van der Waals surface area contributed by atoms with Crippen LogP contribution < -0.4 is 16.4 Å². The molecule has 5 N–H and O–H groups in total. The summed E-state index contributed by atoms with van der Waals surface area (Å²) in [6, 6.07) is -0.647. The Balaban J connectivity index is 3.09. The number of rotatable bonds is 1. The highest BCUT2D eigenvalue weighted by atomic mass is 16.4. The van der Waals surface area contributed by atoms with Gasteiger partial charge in [0.25, 0.3) is 0 Å². The van der Waals surface area contributed by atoms with E-state index in [1.807, 2.05) is 5.32 Å². The van der Waals surface area contributed by atoms with Gasteiger partial charge in [0.2, 0.25) is 0 Å². The van der Waals surface area contributed by atoms with Crippen molar-refractivity contribution in [2.75, 3.05) is 0 Å². The highest BCUT2D eigenvalue weighted by Gasteiger charge is 2.22. The number of carbonyl (C=O) groups excluding carboxylic acids is 1. The third-order valence-electron chi connectivity index (χ3n) is 1.31. The average molecular weight is 169 g/mol. The minimum atomic E-state index is -1.29. The first-order chi connectivity index (χ1) is 5.52. The fourth-order valence-electron chi connectivity index (χ4n) is 0.736. The lowest BCUT2D eigenvalue weighted by molar-refractivity contribution is -0.133. The molecular formula is C6H7N3O3. The third-order valence-corrected chi connectivity index (χ3v) is 1.31. The number of amides is 2. The van der Waals surface area contributed by atoms with Crippen LogP contribution >= 0.6 is 0 Å². The lowest BCUT2D eigenvalue weighted by atomic mass is 10.2. The quantitative estimate of drug-likeness (QED) is 0.407. The Morgan fingerprint density at radius 1 is 1.50 bits per heavy atom. The molecule has 1 rings (SSSR count). The molecule has 64 valence electrons. The Labute approximate surface area is 67.7 Å². The monoisotopic (exact) mass is 169 g/mol. The summed E-state index contributed by atoms with van der Waals surface area (Å²) in [7, 11) is 0. The lowest BCUT2D eigenvalue weighted by Crippen LogP contribution is -2.44. The van der Waals surface area contributed by atoms with E-state index < -0.39 is 12.0 Å². The topological polar surface area (TPSA) is 104 Å². The predicted molar refractivity (Wildman–Crippen MR) is 39.7 cm³/mol. The molecular weight excluding hydrogens is 162 g/mol. The van der Waals surface area contributed by atoms with Crippen molar-refractivity contribution in [2.45, 2.75) is 0 Å². The van der Waals surface area contributed by atoms with Crippen molar-refractivity contribution in [3.05, 3.63) is 23.7 Å². The minimum absolute atomic E-state index is 0.0675. The first-order valence-electron chi connectivity index (χ1n) is 3.02. The summed E-state index contributed by atoms with van der Waals surface area (Å²) in [4.78, 5) is 21.1. The number of nitrogens with two attached hydrogens (primary N) is 1. The Bertz CT molecular complexity index is 305. The van der Waals surface area contributed by atoms with E-state index in [2.05, 4.69) is 11.9 Å². The molecule has 0 atom stereocenters. The van der Waals surface area contributed by atoms with Gasteiger partial charge >= 0.3 is 12.0 Å². The van der Waals surface area contributed by atoms with Gasteiger partial charge in [0.05, 0.1) is 11.4 Å². The number of urea groups is 1. The van der Waals surface area contributed by atoms with Crippen LogP contribution in [0.3, 0.4) is 0 Å². The Kier molecular flexibility index (Phi) is 1.74. The van der Waals surface area contributed by atoms with E-state index in [9.17, 15) is 9.59 Å². The third kappa shape index (κ3) is 1.22. The minimum Gasteiger partial charge on any atom is -0.477 e. The summed E-state index contributed by atoms with van der Waals surface area (Å²) >= 11 is 0. The van der Waals surface area contributed by atoms with Crippen molar-refractivity contribution < 1.29 is 14.7 Å². The number of carboxylic acids is 1. The number of carboxylic acid groups (broad SMARTS) is 1. The molecule has 1 aliphatic rings. The normalized spacial score (nSPS) is 17.0. The van der Waals surface area contributed by atoms with Crippen molar-refractivity contribution in [1.29, 1.82) is 0 Å². The maximum Gasteiger partial charge on any atom is 0.354 e. The second-order valence-electron chi connectivity index (χ2n) is 2.15. The molecule has 0 radical (unpaired) electrons. The van der Waals surface area contributed by atoms with Crippen LogP contribution in [0, 0.1) is 0 Å². The van der Waals surface area contributed by atoms with Gasteiger partial charge < -0.3 is 16.2 Å². The second kappa shape index (κ2) is 2.57. The molecule has 1 heterocycles. The van der Waals surface area contributed by atoms with Crippen molar-refractivity contribution in [2.24, 2.45) is 5.73 Å². The van der Waals surface area contributed by atoms with Crippen molar-refractivity contribution in [3.8, 4) is 0 Å². The fraction of sp³-hybridized carbons (Fsp3) is 0. The van der Waals surface area contributed by atoms with E-state index in [1.54, 1.807) is 0 Å². The molecule has 12 heavy (non-hydrogen) atoms. The molecule has 0 aliphatic carbocycles. The Morgan fingerprint density at radius 2 is 2.08 bits per heavy atom. The van der Waals surface area contributed by atoms with Crippen LogP contribution in [-0.4, -0.2) is 17.1 Å². The van der Waals surface area contributed by atoms with Gasteiger partial charge in [-0.05, 0) is 0 Å². The highest BCUT2D eigenvalue weighted by molar-refractivity contribution is 5.96. The number of hydrogen-bond acceptors (Lipinski definition) is 3. The molecule has 0 fully saturated rings. The van der Waals surface area contributed by atoms with Gasteiger partial charge in [-0.15, -0.1) is 0 Å². The van der Waals surface area contributed by atoms with E-state index in [-0.39, 0.29) is 17.1 Å². The van der Waals surface area contributed by atoms with Gasteiger partial charge in [0.1, 0.15) is 0 Å². The van der Waals surface area contributed by atoms with E-state index >= 15 is 0 Å². The Hall–Kier alpha value is -1.98. The lowest BCUT2D eigenvalue weighted by Gasteiger charge is -2.18.